The molecule has 0 bridgehead atoms. The van der Waals surface area contributed by atoms with Gasteiger partial charge in [0.1, 0.15) is 0 Å². The molecule has 1 aliphatic rings. The molecule has 3 aromatic rings. The van der Waals surface area contributed by atoms with Gasteiger partial charge in [-0.3, -0.25) is 9.58 Å². The van der Waals surface area contributed by atoms with E-state index in [1.165, 1.54) is 30.5 Å². The summed E-state index contributed by atoms with van der Waals surface area (Å²) >= 11 is 0. The Morgan fingerprint density at radius 3 is 2.73 bits per heavy atom. The molecule has 6 nitrogen and oxygen atoms in total. The molecule has 1 unspecified atom stereocenters. The summed E-state index contributed by atoms with van der Waals surface area (Å²) in [5.74, 6) is 0.890. The second-order valence-corrected chi connectivity index (χ2v) is 8.38. The molecule has 2 aromatic carbocycles. The highest BCUT2D eigenvalue weighted by Crippen LogP contribution is 2.30. The molecular weight excluding hydrogens is 374 g/mol. The lowest BCUT2D eigenvalue weighted by Gasteiger charge is -2.23. The lowest BCUT2D eigenvalue weighted by molar-refractivity contribution is 0.114. The van der Waals surface area contributed by atoms with Gasteiger partial charge in [0.25, 0.3) is 0 Å². The van der Waals surface area contributed by atoms with Gasteiger partial charge in [0.2, 0.25) is 0 Å². The molecule has 1 atom stereocenters. The maximum atomic E-state index is 6.10. The molecule has 0 spiro atoms. The Balaban J connectivity index is 1.54. The van der Waals surface area contributed by atoms with Crippen LogP contribution in [0, 0.1) is 13.8 Å². The predicted molar refractivity (Wildman–Crippen MR) is 124 cm³/mol. The number of rotatable bonds is 8. The van der Waals surface area contributed by atoms with Crippen molar-refractivity contribution in [3.8, 4) is 0 Å². The van der Waals surface area contributed by atoms with E-state index >= 15 is 0 Å². The number of nitrogens with two attached hydrogens (primary N) is 1. The molecule has 1 fully saturated rings. The van der Waals surface area contributed by atoms with E-state index in [9.17, 15) is 0 Å². The molecule has 4 rings (SSSR count). The molecule has 0 saturated carbocycles. The zero-order valence-electron chi connectivity index (χ0n) is 18.3. The number of nitrogens with zero attached hydrogens (tertiary/aromatic N) is 3. The summed E-state index contributed by atoms with van der Waals surface area (Å²) in [4.78, 5) is 2.55. The molecular formula is C24H33N5O. The Kier molecular flexibility index (Phi) is 6.25. The van der Waals surface area contributed by atoms with Crippen molar-refractivity contribution < 1.29 is 4.74 Å². The second kappa shape index (κ2) is 9.06. The lowest BCUT2D eigenvalue weighted by Crippen LogP contribution is -2.34. The van der Waals surface area contributed by atoms with Gasteiger partial charge in [0.15, 0.2) is 5.82 Å². The molecule has 0 radical (unpaired) electrons. The third-order valence-electron chi connectivity index (χ3n) is 6.17. The number of hydrogen-bond donors (Lipinski definition) is 2. The van der Waals surface area contributed by atoms with Crippen LogP contribution in [0.3, 0.4) is 0 Å². The van der Waals surface area contributed by atoms with Crippen LogP contribution in [-0.4, -0.2) is 47.5 Å². The quantitative estimate of drug-likeness (QED) is 0.539. The number of para-hydroxylation sites is 1. The highest BCUT2D eigenvalue weighted by atomic mass is 16.5. The van der Waals surface area contributed by atoms with Gasteiger partial charge in [-0.25, -0.2) is 0 Å². The maximum absolute atomic E-state index is 6.10. The second-order valence-electron chi connectivity index (χ2n) is 8.38. The summed E-state index contributed by atoms with van der Waals surface area (Å²) in [6.07, 6.45) is 3.55. The van der Waals surface area contributed by atoms with Crippen LogP contribution in [-0.2, 0) is 11.3 Å². The molecule has 1 aromatic heterocycles. The molecule has 3 N–H and O–H groups in total. The predicted octanol–water partition coefficient (Wildman–Crippen LogP) is 4.48. The molecule has 1 aliphatic heterocycles. The zero-order valence-corrected chi connectivity index (χ0v) is 18.3. The summed E-state index contributed by atoms with van der Waals surface area (Å²) in [6.45, 7) is 8.17. The van der Waals surface area contributed by atoms with Crippen LogP contribution >= 0.6 is 0 Å². The molecule has 6 heteroatoms. The van der Waals surface area contributed by atoms with Gasteiger partial charge in [-0.2, -0.15) is 5.10 Å². The number of nitrogens with one attached hydrogen (secondary N) is 1. The van der Waals surface area contributed by atoms with E-state index in [0.29, 0.717) is 6.04 Å². The first-order valence-corrected chi connectivity index (χ1v) is 10.9. The third-order valence-corrected chi connectivity index (χ3v) is 6.17. The van der Waals surface area contributed by atoms with Crippen LogP contribution in [0.15, 0.2) is 36.4 Å². The SMILES string of the molecule is COCC1CCCN1CCCn1nc(Nc2c(C)cccc2C)c2ccc(N)cc21. The van der Waals surface area contributed by atoms with E-state index in [-0.39, 0.29) is 0 Å². The maximum Gasteiger partial charge on any atom is 0.160 e. The first-order valence-electron chi connectivity index (χ1n) is 10.9. The number of hydrogen-bond acceptors (Lipinski definition) is 5. The minimum Gasteiger partial charge on any atom is -0.399 e. The fourth-order valence-electron chi connectivity index (χ4n) is 4.58. The monoisotopic (exact) mass is 407 g/mol. The Morgan fingerprint density at radius 1 is 1.17 bits per heavy atom. The van der Waals surface area contributed by atoms with Gasteiger partial charge in [-0.15, -0.1) is 0 Å². The van der Waals surface area contributed by atoms with E-state index in [4.69, 9.17) is 15.6 Å². The summed E-state index contributed by atoms with van der Waals surface area (Å²) in [5, 5.41) is 9.62. The van der Waals surface area contributed by atoms with Crippen molar-refractivity contribution in [2.75, 3.05) is 37.9 Å². The molecule has 30 heavy (non-hydrogen) atoms. The summed E-state index contributed by atoms with van der Waals surface area (Å²) in [5.41, 5.74) is 11.5. The average Bonchev–Trinajstić information content (AvgIpc) is 3.30. The van der Waals surface area contributed by atoms with E-state index in [1.54, 1.807) is 7.11 Å². The first-order chi connectivity index (χ1) is 14.6. The Bertz CT molecular complexity index is 992. The van der Waals surface area contributed by atoms with Crippen LogP contribution in [0.2, 0.25) is 0 Å². The highest BCUT2D eigenvalue weighted by Gasteiger charge is 2.23. The number of ether oxygens (including phenoxy) is 1. The fourth-order valence-corrected chi connectivity index (χ4v) is 4.58. The summed E-state index contributed by atoms with van der Waals surface area (Å²) in [6, 6.07) is 12.9. The normalized spacial score (nSPS) is 17.1. The standard InChI is InChI=1S/C24H33N5O/c1-17-7-4-8-18(2)23(17)26-24-21-11-10-19(25)15-22(21)29(27-24)14-6-13-28-12-5-9-20(28)16-30-3/h4,7-8,10-11,15,20H,5-6,9,12-14,16,25H2,1-3H3,(H,26,27). The van der Waals surface area contributed by atoms with Crippen molar-refractivity contribution in [1.29, 1.82) is 0 Å². The van der Waals surface area contributed by atoms with Crippen LogP contribution in [0.25, 0.3) is 10.9 Å². The van der Waals surface area contributed by atoms with Gasteiger partial charge < -0.3 is 15.8 Å². The van der Waals surface area contributed by atoms with Crippen LogP contribution in [0.1, 0.15) is 30.4 Å². The van der Waals surface area contributed by atoms with Crippen LogP contribution < -0.4 is 11.1 Å². The summed E-state index contributed by atoms with van der Waals surface area (Å²) < 4.78 is 7.49. The Morgan fingerprint density at radius 2 is 1.97 bits per heavy atom. The molecule has 160 valence electrons. The number of likely N-dealkylation sites (tertiary alicyclic amines) is 1. The molecule has 1 saturated heterocycles. The number of aryl methyl sites for hydroxylation is 3. The Hall–Kier alpha value is -2.57. The van der Waals surface area contributed by atoms with E-state index < -0.39 is 0 Å². The van der Waals surface area contributed by atoms with Crippen molar-refractivity contribution in [3.63, 3.8) is 0 Å². The highest BCUT2D eigenvalue weighted by molar-refractivity contribution is 5.94. The van der Waals surface area contributed by atoms with Crippen molar-refractivity contribution in [3.05, 3.63) is 47.5 Å². The van der Waals surface area contributed by atoms with Gasteiger partial charge in [0, 0.05) is 43.0 Å². The van der Waals surface area contributed by atoms with E-state index in [0.717, 1.165) is 54.2 Å². The minimum absolute atomic E-state index is 0.557. The topological polar surface area (TPSA) is 68.3 Å². The van der Waals surface area contributed by atoms with E-state index in [2.05, 4.69) is 53.0 Å². The largest absolute Gasteiger partial charge is 0.399 e. The van der Waals surface area contributed by atoms with E-state index in [1.807, 2.05) is 12.1 Å². The smallest absolute Gasteiger partial charge is 0.160 e. The van der Waals surface area contributed by atoms with Crippen molar-refractivity contribution >= 4 is 28.1 Å². The van der Waals surface area contributed by atoms with Crippen molar-refractivity contribution in [2.24, 2.45) is 0 Å². The zero-order chi connectivity index (χ0) is 21.1. The number of fused-ring (bicyclic) bond motifs is 1. The number of anilines is 3. The van der Waals surface area contributed by atoms with Crippen molar-refractivity contribution in [1.82, 2.24) is 14.7 Å². The lowest BCUT2D eigenvalue weighted by atomic mass is 10.1. The molecule has 2 heterocycles. The minimum atomic E-state index is 0.557. The van der Waals surface area contributed by atoms with Gasteiger partial charge >= 0.3 is 0 Å². The first kappa shape index (κ1) is 20.7. The average molecular weight is 408 g/mol. The number of nitrogen functional groups attached to an aromatic ring is 1. The third kappa shape index (κ3) is 4.30. The summed E-state index contributed by atoms with van der Waals surface area (Å²) in [7, 11) is 1.79. The van der Waals surface area contributed by atoms with Gasteiger partial charge in [-0.05, 0) is 69.0 Å². The van der Waals surface area contributed by atoms with Crippen molar-refractivity contribution in [2.45, 2.75) is 45.7 Å². The van der Waals surface area contributed by atoms with Crippen LogP contribution in [0.4, 0.5) is 17.2 Å². The number of benzene rings is 2. The van der Waals surface area contributed by atoms with Gasteiger partial charge in [0.05, 0.1) is 12.1 Å². The number of methoxy groups -OCH3 is 1. The molecule has 0 aliphatic carbocycles. The fraction of sp³-hybridized carbons (Fsp3) is 0.458. The molecule has 0 amide bonds. The number of aromatic nitrogens is 2. The van der Waals surface area contributed by atoms with Crippen LogP contribution in [0.5, 0.6) is 0 Å². The Labute approximate surface area is 179 Å². The van der Waals surface area contributed by atoms with Gasteiger partial charge in [-0.1, -0.05) is 18.2 Å².